The van der Waals surface area contributed by atoms with Crippen LogP contribution < -0.4 is 5.19 Å². The van der Waals surface area contributed by atoms with Crippen LogP contribution in [0.4, 0.5) is 17.6 Å². The summed E-state index contributed by atoms with van der Waals surface area (Å²) in [5.74, 6) is -6.38. The van der Waals surface area contributed by atoms with Crippen LogP contribution >= 0.6 is 15.9 Å². The van der Waals surface area contributed by atoms with Gasteiger partial charge in [-0.05, 0) is 15.9 Å². The minimum absolute atomic E-state index is 0.938. The van der Waals surface area contributed by atoms with Gasteiger partial charge in [0.1, 0.15) is 0 Å². The highest BCUT2D eigenvalue weighted by atomic mass is 79.9. The molecular formula is C9H9BrF4O3Si. The molecule has 1 aromatic rings. The number of halogens is 5. The molecule has 0 fully saturated rings. The average Bonchev–Trinajstić information content (AvgIpc) is 2.39. The third-order valence-corrected chi connectivity index (χ3v) is 5.68. The van der Waals surface area contributed by atoms with Gasteiger partial charge in [-0.1, -0.05) is 0 Å². The first-order chi connectivity index (χ1) is 8.36. The van der Waals surface area contributed by atoms with Crippen LogP contribution in [0.3, 0.4) is 0 Å². The molecule has 0 aliphatic heterocycles. The molecule has 0 aromatic heterocycles. The molecule has 102 valence electrons. The van der Waals surface area contributed by atoms with E-state index in [1.807, 2.05) is 0 Å². The van der Waals surface area contributed by atoms with E-state index in [1.165, 1.54) is 0 Å². The SMILES string of the molecule is CO[Si](OC)(OC)c1c(F)c(F)c(Br)c(F)c1F. The monoisotopic (exact) mass is 348 g/mol. The fourth-order valence-corrected chi connectivity index (χ4v) is 3.65. The Kier molecular flexibility index (Phi) is 4.89. The highest BCUT2D eigenvalue weighted by molar-refractivity contribution is 9.10. The quantitative estimate of drug-likeness (QED) is 0.361. The van der Waals surface area contributed by atoms with Crippen molar-refractivity contribution in [3.8, 4) is 0 Å². The van der Waals surface area contributed by atoms with E-state index in [-0.39, 0.29) is 0 Å². The molecule has 0 saturated carbocycles. The first-order valence-electron chi connectivity index (χ1n) is 4.53. The minimum atomic E-state index is -4.02. The molecule has 18 heavy (non-hydrogen) atoms. The standard InChI is InChI=1S/C9H9BrF4O3Si/c1-15-18(16-2,17-3)9-7(13)5(11)4(10)6(12)8(9)14/h1-3H3. The Morgan fingerprint density at radius 3 is 1.39 bits per heavy atom. The van der Waals surface area contributed by atoms with Gasteiger partial charge < -0.3 is 13.3 Å². The lowest BCUT2D eigenvalue weighted by Crippen LogP contribution is -2.58. The Labute approximate surface area is 110 Å². The summed E-state index contributed by atoms with van der Waals surface area (Å²) in [6, 6.07) is 0. The fraction of sp³-hybridized carbons (Fsp3) is 0.333. The summed E-state index contributed by atoms with van der Waals surface area (Å²) in [6.45, 7) is 0. The Morgan fingerprint density at radius 1 is 0.778 bits per heavy atom. The minimum Gasteiger partial charge on any atom is -0.373 e. The van der Waals surface area contributed by atoms with E-state index in [4.69, 9.17) is 13.3 Å². The van der Waals surface area contributed by atoms with Crippen LogP contribution in [0.2, 0.25) is 0 Å². The van der Waals surface area contributed by atoms with Crippen LogP contribution in [0.1, 0.15) is 0 Å². The summed E-state index contributed by atoms with van der Waals surface area (Å²) in [5.41, 5.74) is 0. The van der Waals surface area contributed by atoms with Gasteiger partial charge in [-0.25, -0.2) is 17.6 Å². The molecule has 3 nitrogen and oxygen atoms in total. The highest BCUT2D eigenvalue weighted by Gasteiger charge is 2.48. The van der Waals surface area contributed by atoms with Gasteiger partial charge in [0.25, 0.3) is 0 Å². The van der Waals surface area contributed by atoms with Crippen LogP contribution in [0.5, 0.6) is 0 Å². The van der Waals surface area contributed by atoms with Gasteiger partial charge >= 0.3 is 8.80 Å². The lowest BCUT2D eigenvalue weighted by Gasteiger charge is -2.25. The predicted molar refractivity (Wildman–Crippen MR) is 60.4 cm³/mol. The van der Waals surface area contributed by atoms with Crippen molar-refractivity contribution in [3.63, 3.8) is 0 Å². The van der Waals surface area contributed by atoms with Crippen molar-refractivity contribution in [3.05, 3.63) is 27.7 Å². The normalized spacial score (nSPS) is 12.0. The third kappa shape index (κ3) is 2.20. The van der Waals surface area contributed by atoms with Crippen molar-refractivity contribution in [1.82, 2.24) is 0 Å². The van der Waals surface area contributed by atoms with Gasteiger partial charge in [-0.2, -0.15) is 0 Å². The molecule has 0 aliphatic rings. The summed E-state index contributed by atoms with van der Waals surface area (Å²) in [4.78, 5) is 0. The fourth-order valence-electron chi connectivity index (χ4n) is 1.43. The average molecular weight is 349 g/mol. The molecule has 0 saturated heterocycles. The van der Waals surface area contributed by atoms with Crippen molar-refractivity contribution < 1.29 is 30.8 Å². The Balaban J connectivity index is 3.69. The molecule has 0 unspecified atom stereocenters. The van der Waals surface area contributed by atoms with Gasteiger partial charge in [0.05, 0.1) is 9.66 Å². The van der Waals surface area contributed by atoms with Crippen LogP contribution in [0.25, 0.3) is 0 Å². The summed E-state index contributed by atoms with van der Waals surface area (Å²) in [6.07, 6.45) is 0. The van der Waals surface area contributed by atoms with E-state index >= 15 is 0 Å². The summed E-state index contributed by atoms with van der Waals surface area (Å²) >= 11 is 2.41. The molecule has 0 atom stereocenters. The molecule has 0 amide bonds. The summed E-state index contributed by atoms with van der Waals surface area (Å²) < 4.78 is 67.7. The molecule has 0 heterocycles. The zero-order valence-corrected chi connectivity index (χ0v) is 12.2. The largest absolute Gasteiger partial charge is 0.542 e. The van der Waals surface area contributed by atoms with Crippen molar-refractivity contribution in [1.29, 1.82) is 0 Å². The van der Waals surface area contributed by atoms with Gasteiger partial charge in [-0.15, -0.1) is 0 Å². The van der Waals surface area contributed by atoms with Crippen LogP contribution in [-0.2, 0) is 13.3 Å². The molecule has 9 heteroatoms. The lowest BCUT2D eigenvalue weighted by atomic mass is 10.3. The maximum atomic E-state index is 13.7. The predicted octanol–water partition coefficient (Wildman–Crippen LogP) is 2.09. The lowest BCUT2D eigenvalue weighted by molar-refractivity contribution is 0.138. The number of benzene rings is 1. The number of rotatable bonds is 4. The van der Waals surface area contributed by atoms with Crippen molar-refractivity contribution in [2.24, 2.45) is 0 Å². The van der Waals surface area contributed by atoms with Gasteiger partial charge in [0.15, 0.2) is 23.3 Å². The Hall–Kier alpha value is -0.483. The molecular weight excluding hydrogens is 340 g/mol. The first-order valence-corrected chi connectivity index (χ1v) is 7.05. The number of hydrogen-bond donors (Lipinski definition) is 0. The molecule has 0 radical (unpaired) electrons. The van der Waals surface area contributed by atoms with Crippen molar-refractivity contribution in [2.75, 3.05) is 21.3 Å². The number of hydrogen-bond acceptors (Lipinski definition) is 3. The maximum Gasteiger partial charge on any atom is 0.542 e. The second-order valence-corrected chi connectivity index (χ2v) is 6.74. The van der Waals surface area contributed by atoms with Crippen LogP contribution in [-0.4, -0.2) is 30.1 Å². The smallest absolute Gasteiger partial charge is 0.373 e. The van der Waals surface area contributed by atoms with Crippen LogP contribution in [0, 0.1) is 23.3 Å². The zero-order chi connectivity index (χ0) is 14.1. The second-order valence-electron chi connectivity index (χ2n) is 3.11. The third-order valence-electron chi connectivity index (χ3n) is 2.32. The summed E-state index contributed by atoms with van der Waals surface area (Å²) in [5, 5.41) is -1.01. The van der Waals surface area contributed by atoms with Crippen LogP contribution in [0.15, 0.2) is 4.47 Å². The van der Waals surface area contributed by atoms with Gasteiger partial charge in [-0.3, -0.25) is 0 Å². The van der Waals surface area contributed by atoms with E-state index in [2.05, 4.69) is 15.9 Å². The first kappa shape index (κ1) is 15.6. The molecule has 1 rings (SSSR count). The van der Waals surface area contributed by atoms with E-state index in [0.29, 0.717) is 0 Å². The van der Waals surface area contributed by atoms with E-state index in [9.17, 15) is 17.6 Å². The molecule has 1 aromatic carbocycles. The molecule has 0 bridgehead atoms. The van der Waals surface area contributed by atoms with E-state index in [1.54, 1.807) is 0 Å². The van der Waals surface area contributed by atoms with E-state index < -0.39 is 41.7 Å². The zero-order valence-electron chi connectivity index (χ0n) is 9.61. The Morgan fingerprint density at radius 2 is 1.11 bits per heavy atom. The van der Waals surface area contributed by atoms with Gasteiger partial charge in [0, 0.05) is 21.3 Å². The topological polar surface area (TPSA) is 27.7 Å². The highest BCUT2D eigenvalue weighted by Crippen LogP contribution is 2.25. The maximum absolute atomic E-state index is 13.7. The second kappa shape index (κ2) is 5.66. The Bertz CT molecular complexity index is 430. The van der Waals surface area contributed by atoms with E-state index in [0.717, 1.165) is 21.3 Å². The van der Waals surface area contributed by atoms with Gasteiger partial charge in [0.2, 0.25) is 0 Å². The van der Waals surface area contributed by atoms with Crippen molar-refractivity contribution >= 4 is 29.9 Å². The molecule has 0 aliphatic carbocycles. The molecule has 0 spiro atoms. The summed E-state index contributed by atoms with van der Waals surface area (Å²) in [7, 11) is -0.823. The van der Waals surface area contributed by atoms with Crippen molar-refractivity contribution in [2.45, 2.75) is 0 Å². The molecule has 0 N–H and O–H groups in total.